The molecule has 10 nitrogen and oxygen atoms in total. The number of para-hydroxylation sites is 1. The van der Waals surface area contributed by atoms with E-state index in [4.69, 9.17) is 0 Å². The van der Waals surface area contributed by atoms with Crippen molar-refractivity contribution in [3.05, 3.63) is 88.2 Å². The summed E-state index contributed by atoms with van der Waals surface area (Å²) in [5.74, 6) is -0.226. The lowest BCUT2D eigenvalue weighted by molar-refractivity contribution is -0.385. The number of amides is 1. The van der Waals surface area contributed by atoms with Gasteiger partial charge in [0, 0.05) is 56.1 Å². The van der Waals surface area contributed by atoms with E-state index < -0.39 is 14.9 Å². The van der Waals surface area contributed by atoms with Gasteiger partial charge in [0.05, 0.1) is 21.7 Å². The lowest BCUT2D eigenvalue weighted by atomic mass is 10.2. The van der Waals surface area contributed by atoms with Crippen molar-refractivity contribution in [3.8, 4) is 5.69 Å². The quantitative estimate of drug-likeness (QED) is 0.303. The number of nitro groups is 1. The maximum absolute atomic E-state index is 13.1. The molecule has 176 valence electrons. The van der Waals surface area contributed by atoms with Crippen LogP contribution in [0.1, 0.15) is 11.1 Å². The Morgan fingerprint density at radius 2 is 1.79 bits per heavy atom. The highest BCUT2D eigenvalue weighted by atomic mass is 32.2. The van der Waals surface area contributed by atoms with Gasteiger partial charge in [0.1, 0.15) is 0 Å². The number of sulfonamides is 1. The second kappa shape index (κ2) is 9.57. The Kier molecular flexibility index (Phi) is 6.57. The highest BCUT2D eigenvalue weighted by Gasteiger charge is 2.31. The Labute approximate surface area is 196 Å². The van der Waals surface area contributed by atoms with Gasteiger partial charge in [0.15, 0.2) is 0 Å². The molecule has 34 heavy (non-hydrogen) atoms. The van der Waals surface area contributed by atoms with E-state index in [1.54, 1.807) is 28.8 Å². The van der Waals surface area contributed by atoms with Gasteiger partial charge in [-0.05, 0) is 30.7 Å². The Bertz CT molecular complexity index is 1340. The Morgan fingerprint density at radius 3 is 2.47 bits per heavy atom. The number of carbonyl (C=O) groups excluding carboxylic acids is 1. The predicted octanol–water partition coefficient (Wildman–Crippen LogP) is 2.64. The molecule has 2 heterocycles. The van der Waals surface area contributed by atoms with E-state index in [1.165, 1.54) is 22.5 Å². The summed E-state index contributed by atoms with van der Waals surface area (Å²) in [6.07, 6.45) is 6.58. The summed E-state index contributed by atoms with van der Waals surface area (Å²) < 4.78 is 29.1. The van der Waals surface area contributed by atoms with Crippen molar-refractivity contribution in [2.75, 3.05) is 26.2 Å². The van der Waals surface area contributed by atoms with Crippen molar-refractivity contribution in [2.24, 2.45) is 0 Å². The van der Waals surface area contributed by atoms with E-state index in [9.17, 15) is 23.3 Å². The first-order valence-corrected chi connectivity index (χ1v) is 12.0. The van der Waals surface area contributed by atoms with E-state index in [0.717, 1.165) is 17.3 Å². The number of benzene rings is 2. The Balaban J connectivity index is 1.39. The number of piperazine rings is 1. The van der Waals surface area contributed by atoms with E-state index in [-0.39, 0.29) is 42.7 Å². The molecule has 1 aliphatic heterocycles. The molecule has 0 spiro atoms. The fourth-order valence-electron chi connectivity index (χ4n) is 3.69. The summed E-state index contributed by atoms with van der Waals surface area (Å²) in [5, 5.41) is 15.4. The number of carbonyl (C=O) groups is 1. The number of nitro benzene ring substituents is 1. The summed E-state index contributed by atoms with van der Waals surface area (Å²) in [6.45, 7) is 2.26. The van der Waals surface area contributed by atoms with Gasteiger partial charge in [-0.15, -0.1) is 0 Å². The lowest BCUT2D eigenvalue weighted by Crippen LogP contribution is -2.50. The van der Waals surface area contributed by atoms with Crippen LogP contribution in [0, 0.1) is 17.0 Å². The van der Waals surface area contributed by atoms with Crippen LogP contribution in [0.2, 0.25) is 0 Å². The molecule has 3 aromatic rings. The first-order valence-electron chi connectivity index (χ1n) is 10.6. The minimum absolute atomic E-state index is 0.0863. The molecule has 1 aromatic heterocycles. The molecule has 11 heteroatoms. The summed E-state index contributed by atoms with van der Waals surface area (Å²) >= 11 is 0. The molecule has 0 radical (unpaired) electrons. The highest BCUT2D eigenvalue weighted by Crippen LogP contribution is 2.25. The van der Waals surface area contributed by atoms with Gasteiger partial charge in [-0.25, -0.2) is 13.1 Å². The van der Waals surface area contributed by atoms with Crippen molar-refractivity contribution in [2.45, 2.75) is 11.8 Å². The number of rotatable bonds is 6. The van der Waals surface area contributed by atoms with Crippen molar-refractivity contribution in [1.82, 2.24) is 19.0 Å². The summed E-state index contributed by atoms with van der Waals surface area (Å²) in [4.78, 5) is 24.5. The number of hydrogen-bond acceptors (Lipinski definition) is 6. The average Bonchev–Trinajstić information content (AvgIpc) is 3.32. The van der Waals surface area contributed by atoms with Crippen LogP contribution in [-0.2, 0) is 14.8 Å². The minimum Gasteiger partial charge on any atom is -0.337 e. The van der Waals surface area contributed by atoms with Gasteiger partial charge in [-0.1, -0.05) is 24.3 Å². The van der Waals surface area contributed by atoms with Crippen LogP contribution in [0.5, 0.6) is 0 Å². The van der Waals surface area contributed by atoms with Gasteiger partial charge < -0.3 is 4.90 Å². The Hall–Kier alpha value is -3.83. The molecule has 0 aliphatic carbocycles. The van der Waals surface area contributed by atoms with E-state index in [0.29, 0.717) is 5.56 Å². The third kappa shape index (κ3) is 4.90. The van der Waals surface area contributed by atoms with Gasteiger partial charge in [-0.3, -0.25) is 14.9 Å². The zero-order chi connectivity index (χ0) is 24.3. The van der Waals surface area contributed by atoms with Crippen molar-refractivity contribution < 1.29 is 18.1 Å². The van der Waals surface area contributed by atoms with Gasteiger partial charge in [0.2, 0.25) is 15.9 Å². The summed E-state index contributed by atoms with van der Waals surface area (Å²) in [7, 11) is -3.91. The molecule has 0 atom stereocenters. The van der Waals surface area contributed by atoms with Crippen LogP contribution in [0.15, 0.2) is 71.9 Å². The second-order valence-corrected chi connectivity index (χ2v) is 9.73. The number of hydrogen-bond donors (Lipinski definition) is 0. The molecule has 0 N–H and O–H groups in total. The fourth-order valence-corrected chi connectivity index (χ4v) is 5.35. The molecular formula is C23H23N5O5S. The second-order valence-electron chi connectivity index (χ2n) is 7.82. The molecule has 0 saturated carbocycles. The van der Waals surface area contributed by atoms with Gasteiger partial charge in [-0.2, -0.15) is 9.40 Å². The third-order valence-electron chi connectivity index (χ3n) is 5.59. The molecule has 1 amide bonds. The molecule has 2 aromatic carbocycles. The molecule has 1 aliphatic rings. The fraction of sp³-hybridized carbons (Fsp3) is 0.217. The molecule has 1 saturated heterocycles. The summed E-state index contributed by atoms with van der Waals surface area (Å²) in [5.41, 5.74) is 1.83. The zero-order valence-corrected chi connectivity index (χ0v) is 19.3. The van der Waals surface area contributed by atoms with Crippen molar-refractivity contribution in [3.63, 3.8) is 0 Å². The minimum atomic E-state index is -3.91. The van der Waals surface area contributed by atoms with Crippen LogP contribution in [-0.4, -0.2) is 64.4 Å². The maximum atomic E-state index is 13.1. The molecule has 0 unspecified atom stereocenters. The maximum Gasteiger partial charge on any atom is 0.270 e. The molecule has 4 rings (SSSR count). The smallest absolute Gasteiger partial charge is 0.270 e. The van der Waals surface area contributed by atoms with Crippen molar-refractivity contribution in [1.29, 1.82) is 0 Å². The topological polar surface area (TPSA) is 119 Å². The average molecular weight is 482 g/mol. The van der Waals surface area contributed by atoms with Crippen LogP contribution >= 0.6 is 0 Å². The predicted molar refractivity (Wildman–Crippen MR) is 126 cm³/mol. The molecule has 1 fully saturated rings. The number of nitrogens with zero attached hydrogens (tertiary/aromatic N) is 5. The SMILES string of the molecule is Cc1ccc([N+](=O)[O-])cc1S(=O)(=O)N1CCN(C(=O)/C=C/c2cnn(-c3ccccc3)c2)CC1. The third-order valence-corrected chi connectivity index (χ3v) is 7.63. The standard InChI is InChI=1S/C23H23N5O5S/c1-18-7-9-21(28(30)31)15-22(18)34(32,33)26-13-11-25(12-14-26)23(29)10-8-19-16-24-27(17-19)20-5-3-2-4-6-20/h2-10,15-17H,11-14H2,1H3/b10-8+. The number of aryl methyl sites for hydroxylation is 1. The highest BCUT2D eigenvalue weighted by molar-refractivity contribution is 7.89. The number of aromatic nitrogens is 2. The number of non-ortho nitro benzene ring substituents is 1. The lowest BCUT2D eigenvalue weighted by Gasteiger charge is -2.33. The van der Waals surface area contributed by atoms with Gasteiger partial charge >= 0.3 is 0 Å². The largest absolute Gasteiger partial charge is 0.337 e. The van der Waals surface area contributed by atoms with E-state index >= 15 is 0 Å². The van der Waals surface area contributed by atoms with Crippen LogP contribution in [0.25, 0.3) is 11.8 Å². The first-order chi connectivity index (χ1) is 16.3. The van der Waals surface area contributed by atoms with Crippen molar-refractivity contribution >= 4 is 27.7 Å². The van der Waals surface area contributed by atoms with Gasteiger partial charge in [0.25, 0.3) is 5.69 Å². The van der Waals surface area contributed by atoms with E-state index in [2.05, 4.69) is 5.10 Å². The monoisotopic (exact) mass is 481 g/mol. The summed E-state index contributed by atoms with van der Waals surface area (Å²) in [6, 6.07) is 13.4. The molecular weight excluding hydrogens is 458 g/mol. The van der Waals surface area contributed by atoms with Crippen LogP contribution in [0.3, 0.4) is 0 Å². The van der Waals surface area contributed by atoms with Crippen LogP contribution in [0.4, 0.5) is 5.69 Å². The molecule has 0 bridgehead atoms. The normalized spacial score (nSPS) is 15.0. The zero-order valence-electron chi connectivity index (χ0n) is 18.4. The van der Waals surface area contributed by atoms with E-state index in [1.807, 2.05) is 36.5 Å². The Morgan fingerprint density at radius 1 is 1.09 bits per heavy atom. The first kappa shape index (κ1) is 23.3. The van der Waals surface area contributed by atoms with Crippen LogP contribution < -0.4 is 0 Å².